The van der Waals surface area contributed by atoms with Crippen molar-refractivity contribution in [2.45, 2.75) is 24.3 Å². The third-order valence-electron chi connectivity index (χ3n) is 4.88. The Morgan fingerprint density at radius 3 is 2.50 bits per heavy atom. The average Bonchev–Trinajstić information content (AvgIpc) is 3.17. The van der Waals surface area contributed by atoms with E-state index in [1.807, 2.05) is 0 Å². The summed E-state index contributed by atoms with van der Waals surface area (Å²) in [5, 5.41) is 0.431. The molecule has 164 valence electrons. The van der Waals surface area contributed by atoms with Crippen molar-refractivity contribution in [2.24, 2.45) is 0 Å². The van der Waals surface area contributed by atoms with Crippen molar-refractivity contribution in [3.05, 3.63) is 39.8 Å². The summed E-state index contributed by atoms with van der Waals surface area (Å²) in [5.41, 5.74) is 0.349. The molecule has 10 heteroatoms. The number of likely N-dealkylation sites (tertiary alicyclic amines) is 1. The van der Waals surface area contributed by atoms with Crippen LogP contribution in [0.3, 0.4) is 0 Å². The number of rotatable bonds is 8. The van der Waals surface area contributed by atoms with Gasteiger partial charge in [0, 0.05) is 29.7 Å². The summed E-state index contributed by atoms with van der Waals surface area (Å²) >= 11 is 9.57. The van der Waals surface area contributed by atoms with E-state index in [0.717, 1.165) is 26.1 Å². The Morgan fingerprint density at radius 1 is 1.17 bits per heavy atom. The topological polar surface area (TPSA) is 77.1 Å². The van der Waals surface area contributed by atoms with Crippen LogP contribution < -0.4 is 18.9 Å². The number of likely N-dealkylation sites (N-methyl/N-ethyl adjacent to an activating group) is 1. The average molecular weight is 520 g/mol. The van der Waals surface area contributed by atoms with Gasteiger partial charge in [0.25, 0.3) is 10.0 Å². The summed E-state index contributed by atoms with van der Waals surface area (Å²) in [5.74, 6) is 1.18. The lowest BCUT2D eigenvalue weighted by atomic mass is 10.3. The smallest absolute Gasteiger partial charge is 0.263 e. The molecule has 3 rings (SSSR count). The highest BCUT2D eigenvalue weighted by atomic mass is 79.9. The molecule has 1 aliphatic rings. The third kappa shape index (κ3) is 5.14. The first kappa shape index (κ1) is 23.0. The van der Waals surface area contributed by atoms with Crippen molar-refractivity contribution in [2.75, 3.05) is 38.6 Å². The van der Waals surface area contributed by atoms with Gasteiger partial charge in [-0.3, -0.25) is 9.62 Å². The lowest BCUT2D eigenvalue weighted by Crippen LogP contribution is -2.24. The van der Waals surface area contributed by atoms with Crippen LogP contribution in [0, 0.1) is 0 Å². The van der Waals surface area contributed by atoms with Gasteiger partial charge in [0.05, 0.1) is 24.9 Å². The van der Waals surface area contributed by atoms with Gasteiger partial charge in [0.1, 0.15) is 16.7 Å². The molecule has 1 unspecified atom stereocenters. The number of hydrogen-bond acceptors (Lipinski definition) is 6. The van der Waals surface area contributed by atoms with Crippen molar-refractivity contribution < 1.29 is 22.6 Å². The molecular weight excluding hydrogens is 496 g/mol. The normalized spacial score (nSPS) is 17.0. The molecular formula is C20H24BrClN2O5S. The van der Waals surface area contributed by atoms with Crippen LogP contribution in [-0.4, -0.2) is 53.3 Å². The second-order valence-electron chi connectivity index (χ2n) is 6.81. The van der Waals surface area contributed by atoms with E-state index in [-0.39, 0.29) is 11.0 Å². The fourth-order valence-corrected chi connectivity index (χ4v) is 5.52. The minimum atomic E-state index is -3.91. The first-order valence-electron chi connectivity index (χ1n) is 9.40. The Bertz CT molecular complexity index is 1020. The number of halogens is 2. The van der Waals surface area contributed by atoms with Crippen LogP contribution in [0.1, 0.15) is 13.3 Å². The summed E-state index contributed by atoms with van der Waals surface area (Å²) in [6.07, 6.45) is 0.924. The maximum Gasteiger partial charge on any atom is 0.263 e. The number of nitrogens with zero attached hydrogens (tertiary/aromatic N) is 1. The molecule has 1 N–H and O–H groups in total. The lowest BCUT2D eigenvalue weighted by Gasteiger charge is -2.17. The van der Waals surface area contributed by atoms with E-state index in [0.29, 0.717) is 32.4 Å². The summed E-state index contributed by atoms with van der Waals surface area (Å²) in [6.45, 7) is 4.87. The number of benzene rings is 2. The first-order valence-corrected chi connectivity index (χ1v) is 12.1. The maximum absolute atomic E-state index is 13.0. The molecule has 0 aromatic heterocycles. The van der Waals surface area contributed by atoms with Gasteiger partial charge in [-0.1, -0.05) is 18.5 Å². The van der Waals surface area contributed by atoms with E-state index in [1.165, 1.54) is 20.3 Å². The van der Waals surface area contributed by atoms with Crippen molar-refractivity contribution in [1.29, 1.82) is 0 Å². The molecule has 0 spiro atoms. The van der Waals surface area contributed by atoms with Crippen LogP contribution in [0.2, 0.25) is 5.02 Å². The van der Waals surface area contributed by atoms with Crippen molar-refractivity contribution in [3.63, 3.8) is 0 Å². The molecule has 1 saturated heterocycles. The number of hydrogen-bond donors (Lipinski definition) is 1. The molecule has 2 aromatic rings. The molecule has 0 saturated carbocycles. The molecule has 30 heavy (non-hydrogen) atoms. The highest BCUT2D eigenvalue weighted by Crippen LogP contribution is 2.37. The van der Waals surface area contributed by atoms with E-state index in [1.54, 1.807) is 24.3 Å². The maximum atomic E-state index is 13.0. The Kier molecular flexibility index (Phi) is 7.38. The van der Waals surface area contributed by atoms with Gasteiger partial charge >= 0.3 is 0 Å². The molecule has 0 amide bonds. The number of methoxy groups -OCH3 is 2. The molecule has 1 atom stereocenters. The Labute approximate surface area is 190 Å². The number of nitrogens with one attached hydrogen (secondary N) is 1. The van der Waals surface area contributed by atoms with Gasteiger partial charge in [-0.05, 0) is 47.1 Å². The fraction of sp³-hybridized carbons (Fsp3) is 0.400. The van der Waals surface area contributed by atoms with Gasteiger partial charge in [-0.25, -0.2) is 8.42 Å². The monoisotopic (exact) mass is 518 g/mol. The van der Waals surface area contributed by atoms with Crippen LogP contribution in [0.25, 0.3) is 0 Å². The second-order valence-corrected chi connectivity index (χ2v) is 9.72. The van der Waals surface area contributed by atoms with Crippen molar-refractivity contribution in [3.8, 4) is 17.2 Å². The van der Waals surface area contributed by atoms with Crippen LogP contribution in [0.5, 0.6) is 17.2 Å². The molecule has 0 aliphatic carbocycles. The Hall–Kier alpha value is -1.68. The van der Waals surface area contributed by atoms with E-state index in [2.05, 4.69) is 32.5 Å². The molecule has 1 fully saturated rings. The van der Waals surface area contributed by atoms with Crippen molar-refractivity contribution in [1.82, 2.24) is 4.90 Å². The van der Waals surface area contributed by atoms with E-state index in [4.69, 9.17) is 25.8 Å². The van der Waals surface area contributed by atoms with E-state index in [9.17, 15) is 8.42 Å². The molecule has 1 heterocycles. The zero-order valence-corrected chi connectivity index (χ0v) is 20.1. The minimum Gasteiger partial charge on any atom is -0.493 e. The lowest BCUT2D eigenvalue weighted by molar-refractivity contribution is 0.203. The zero-order chi connectivity index (χ0) is 21.9. The zero-order valence-electron chi connectivity index (χ0n) is 16.9. The summed E-state index contributed by atoms with van der Waals surface area (Å²) in [4.78, 5) is 2.31. The van der Waals surface area contributed by atoms with Crippen LogP contribution in [0.15, 0.2) is 39.7 Å². The molecule has 1 aliphatic heterocycles. The highest BCUT2D eigenvalue weighted by molar-refractivity contribution is 9.10. The minimum absolute atomic E-state index is 0.0203. The van der Waals surface area contributed by atoms with Crippen LogP contribution in [-0.2, 0) is 10.0 Å². The molecule has 0 radical (unpaired) electrons. The predicted molar refractivity (Wildman–Crippen MR) is 121 cm³/mol. The first-order chi connectivity index (χ1) is 14.3. The third-order valence-corrected chi connectivity index (χ3v) is 7.53. The SMILES string of the molecule is CCN1CCC(Oc2cc(NS(=O)(=O)c3cc(OC)c(OC)cc3Br)ccc2Cl)C1. The molecule has 2 aromatic carbocycles. The van der Waals surface area contributed by atoms with Gasteiger partial charge < -0.3 is 14.2 Å². The highest BCUT2D eigenvalue weighted by Gasteiger charge is 2.25. The Balaban J connectivity index is 1.84. The standard InChI is InChI=1S/C20H24BrClN2O5S/c1-4-24-8-7-14(12-24)29-17-9-13(5-6-16(17)22)23-30(25,26)20-11-19(28-3)18(27-2)10-15(20)21/h5-6,9-11,14,23H,4,7-8,12H2,1-3H3. The van der Waals surface area contributed by atoms with E-state index < -0.39 is 10.0 Å². The number of sulfonamides is 1. The van der Waals surface area contributed by atoms with Gasteiger partial charge in [0.2, 0.25) is 0 Å². The van der Waals surface area contributed by atoms with Crippen molar-refractivity contribution >= 4 is 43.2 Å². The predicted octanol–water partition coefficient (Wildman–Crippen LogP) is 4.39. The number of ether oxygens (including phenoxy) is 3. The second kappa shape index (κ2) is 9.64. The van der Waals surface area contributed by atoms with Gasteiger partial charge in [-0.15, -0.1) is 0 Å². The summed E-state index contributed by atoms with van der Waals surface area (Å²) < 4.78 is 45.4. The fourth-order valence-electron chi connectivity index (χ4n) is 3.27. The van der Waals surface area contributed by atoms with Crippen LogP contribution in [0.4, 0.5) is 5.69 Å². The summed E-state index contributed by atoms with van der Waals surface area (Å²) in [6, 6.07) is 7.75. The number of anilines is 1. The van der Waals surface area contributed by atoms with Crippen LogP contribution >= 0.6 is 27.5 Å². The van der Waals surface area contributed by atoms with Gasteiger partial charge in [-0.2, -0.15) is 0 Å². The molecule has 7 nitrogen and oxygen atoms in total. The quantitative estimate of drug-likeness (QED) is 0.557. The largest absolute Gasteiger partial charge is 0.493 e. The van der Waals surface area contributed by atoms with E-state index >= 15 is 0 Å². The summed E-state index contributed by atoms with van der Waals surface area (Å²) in [7, 11) is -0.983. The van der Waals surface area contributed by atoms with Gasteiger partial charge in [0.15, 0.2) is 11.5 Å². The Morgan fingerprint density at radius 2 is 1.87 bits per heavy atom. The molecule has 0 bridgehead atoms.